The first-order valence-corrected chi connectivity index (χ1v) is 12.4. The number of pyridine rings is 1. The van der Waals surface area contributed by atoms with Crippen LogP contribution in [0.25, 0.3) is 11.3 Å². The third-order valence-corrected chi connectivity index (χ3v) is 6.29. The number of hydroxylamine groups is 1. The molecule has 194 valence electrons. The average Bonchev–Trinajstić information content (AvgIpc) is 2.87. The van der Waals surface area contributed by atoms with Gasteiger partial charge in [-0.25, -0.2) is 18.3 Å². The molecule has 1 amide bonds. The van der Waals surface area contributed by atoms with Crippen LogP contribution < -0.4 is 20.8 Å². The number of sulfonamides is 1. The number of carbonyl (C=O) groups excluding carboxylic acids is 1. The molecule has 1 aromatic carbocycles. The van der Waals surface area contributed by atoms with Crippen LogP contribution in [-0.4, -0.2) is 63.3 Å². The van der Waals surface area contributed by atoms with E-state index in [1.54, 1.807) is 19.4 Å². The van der Waals surface area contributed by atoms with Crippen LogP contribution in [0.4, 0.5) is 4.39 Å². The highest BCUT2D eigenvalue weighted by Crippen LogP contribution is 2.19. The number of benzene rings is 1. The van der Waals surface area contributed by atoms with Crippen LogP contribution in [-0.2, 0) is 19.6 Å². The van der Waals surface area contributed by atoms with Gasteiger partial charge in [-0.1, -0.05) is 12.1 Å². The Morgan fingerprint density at radius 3 is 2.75 bits per heavy atom. The number of halogens is 1. The molecule has 0 aliphatic heterocycles. The number of aromatic nitrogens is 1. The van der Waals surface area contributed by atoms with Crippen molar-refractivity contribution in [3.8, 4) is 17.5 Å². The second kappa shape index (κ2) is 14.7. The van der Waals surface area contributed by atoms with E-state index in [0.29, 0.717) is 43.8 Å². The number of hydrogen-bond acceptors (Lipinski definition) is 8. The fraction of sp³-hybridized carbons (Fsp3) is 0.364. The van der Waals surface area contributed by atoms with Gasteiger partial charge in [0.1, 0.15) is 16.8 Å². The van der Waals surface area contributed by atoms with Crippen LogP contribution in [0.3, 0.4) is 0 Å². The van der Waals surface area contributed by atoms with Crippen molar-refractivity contribution in [2.24, 2.45) is 4.99 Å². The topological polar surface area (TPSA) is 178 Å². The van der Waals surface area contributed by atoms with Gasteiger partial charge in [0.2, 0.25) is 16.0 Å². The second-order valence-corrected chi connectivity index (χ2v) is 9.14. The van der Waals surface area contributed by atoms with Gasteiger partial charge >= 0.3 is 0 Å². The Hall–Kier alpha value is -3.64. The maximum absolute atomic E-state index is 13.4. The zero-order valence-corrected chi connectivity index (χ0v) is 20.4. The second-order valence-electron chi connectivity index (χ2n) is 7.42. The molecule has 0 saturated heterocycles. The lowest BCUT2D eigenvalue weighted by molar-refractivity contribution is -0.131. The molecule has 0 radical (unpaired) electrons. The van der Waals surface area contributed by atoms with E-state index < -0.39 is 27.8 Å². The van der Waals surface area contributed by atoms with Crippen molar-refractivity contribution < 1.29 is 27.5 Å². The van der Waals surface area contributed by atoms with Crippen LogP contribution >= 0.6 is 0 Å². The maximum Gasteiger partial charge on any atom is 0.261 e. The van der Waals surface area contributed by atoms with Gasteiger partial charge in [0.25, 0.3) is 5.91 Å². The monoisotopic (exact) mass is 521 g/mol. The summed E-state index contributed by atoms with van der Waals surface area (Å²) in [4.78, 5) is 20.1. The predicted octanol–water partition coefficient (Wildman–Crippen LogP) is 0.873. The predicted molar refractivity (Wildman–Crippen MR) is 128 cm³/mol. The van der Waals surface area contributed by atoms with Crippen molar-refractivity contribution in [2.75, 3.05) is 26.8 Å². The molecule has 2 rings (SSSR count). The van der Waals surface area contributed by atoms with Gasteiger partial charge in [-0.3, -0.25) is 25.3 Å². The number of carbonyl (C=O) groups is 1. The zero-order valence-electron chi connectivity index (χ0n) is 19.6. The first-order chi connectivity index (χ1) is 17.3. The normalized spacial score (nSPS) is 12.4. The molecule has 1 atom stereocenters. The summed E-state index contributed by atoms with van der Waals surface area (Å²) in [5.41, 5.74) is 2.32. The summed E-state index contributed by atoms with van der Waals surface area (Å²) in [6.45, 7) is 1.17. The molecular formula is C22H28FN7O5S. The molecule has 0 bridgehead atoms. The molecule has 36 heavy (non-hydrogen) atoms. The Bertz CT molecular complexity index is 1170. The van der Waals surface area contributed by atoms with Crippen molar-refractivity contribution in [3.05, 3.63) is 48.4 Å². The molecule has 0 unspecified atom stereocenters. The number of amides is 1. The van der Waals surface area contributed by atoms with Gasteiger partial charge in [0.15, 0.2) is 6.19 Å². The molecule has 0 spiro atoms. The molecule has 2 aromatic rings. The molecular weight excluding hydrogens is 493 g/mol. The lowest BCUT2D eigenvalue weighted by Crippen LogP contribution is -2.45. The van der Waals surface area contributed by atoms with Crippen molar-refractivity contribution in [1.82, 2.24) is 25.8 Å². The highest BCUT2D eigenvalue weighted by atomic mass is 32.2. The van der Waals surface area contributed by atoms with Crippen LogP contribution in [0, 0.1) is 17.3 Å². The first-order valence-electron chi connectivity index (χ1n) is 10.9. The third-order valence-electron chi connectivity index (χ3n) is 4.83. The SMILES string of the molecule is COCCNC(=NCCCC[C@@H](NS(=O)(=O)c1ccc(-c2cccc(F)c2)nc1)C(=O)NO)NC#N. The number of aliphatic imine (C=N–C) groups is 1. The number of unbranched alkanes of at least 4 members (excludes halogenated alkanes) is 1. The van der Waals surface area contributed by atoms with Crippen LogP contribution in [0.5, 0.6) is 0 Å². The number of rotatable bonds is 13. The minimum absolute atomic E-state index is 0.0774. The van der Waals surface area contributed by atoms with E-state index >= 15 is 0 Å². The van der Waals surface area contributed by atoms with E-state index in [4.69, 9.17) is 15.2 Å². The highest BCUT2D eigenvalue weighted by molar-refractivity contribution is 7.89. The number of hydrogen-bond donors (Lipinski definition) is 5. The number of nitriles is 1. The van der Waals surface area contributed by atoms with E-state index in [9.17, 15) is 17.6 Å². The van der Waals surface area contributed by atoms with Gasteiger partial charge in [-0.15, -0.1) is 0 Å². The minimum atomic E-state index is -4.15. The first kappa shape index (κ1) is 28.6. The van der Waals surface area contributed by atoms with Crippen molar-refractivity contribution in [3.63, 3.8) is 0 Å². The Morgan fingerprint density at radius 1 is 1.31 bits per heavy atom. The highest BCUT2D eigenvalue weighted by Gasteiger charge is 2.25. The summed E-state index contributed by atoms with van der Waals surface area (Å²) in [5, 5.41) is 23.1. The molecule has 1 aromatic heterocycles. The number of methoxy groups -OCH3 is 1. The fourth-order valence-corrected chi connectivity index (χ4v) is 4.22. The summed E-state index contributed by atoms with van der Waals surface area (Å²) in [5.74, 6) is -1.09. The van der Waals surface area contributed by atoms with E-state index in [1.807, 2.05) is 0 Å². The smallest absolute Gasteiger partial charge is 0.261 e. The van der Waals surface area contributed by atoms with Crippen LogP contribution in [0.2, 0.25) is 0 Å². The van der Waals surface area contributed by atoms with Crippen LogP contribution in [0.1, 0.15) is 19.3 Å². The number of ether oxygens (including phenoxy) is 1. The summed E-state index contributed by atoms with van der Waals surface area (Å²) in [6.07, 6.45) is 3.81. The standard InChI is InChI=1S/C22H28FN7O5S/c1-35-12-11-26-22(28-15-24)25-10-3-2-7-20(21(31)29-32)30-36(33,34)18-8-9-19(27-14-18)16-5-4-6-17(23)13-16/h4-6,8-9,13-14,20,30,32H,2-3,7,10-12H2,1H3,(H,29,31)(H2,25,26,28)/t20-/m1/s1. The third kappa shape index (κ3) is 9.19. The van der Waals surface area contributed by atoms with E-state index in [1.165, 1.54) is 35.8 Å². The summed E-state index contributed by atoms with van der Waals surface area (Å²) < 4.78 is 46.2. The molecule has 0 saturated carbocycles. The van der Waals surface area contributed by atoms with Gasteiger partial charge in [-0.2, -0.15) is 9.98 Å². The van der Waals surface area contributed by atoms with Crippen molar-refractivity contribution >= 4 is 21.9 Å². The number of nitrogens with zero attached hydrogens (tertiary/aromatic N) is 3. The molecule has 1 heterocycles. The minimum Gasteiger partial charge on any atom is -0.383 e. The summed E-state index contributed by atoms with van der Waals surface area (Å²) in [6, 6.07) is 7.18. The number of guanidine groups is 1. The van der Waals surface area contributed by atoms with Gasteiger partial charge < -0.3 is 10.1 Å². The largest absolute Gasteiger partial charge is 0.383 e. The van der Waals surface area contributed by atoms with Crippen molar-refractivity contribution in [2.45, 2.75) is 30.2 Å². The fourth-order valence-electron chi connectivity index (χ4n) is 3.05. The molecule has 0 aliphatic rings. The summed E-state index contributed by atoms with van der Waals surface area (Å²) in [7, 11) is -2.61. The Morgan fingerprint density at radius 2 is 2.11 bits per heavy atom. The summed E-state index contributed by atoms with van der Waals surface area (Å²) >= 11 is 0. The Kier molecular flexibility index (Phi) is 11.7. The van der Waals surface area contributed by atoms with E-state index in [2.05, 4.69) is 25.3 Å². The van der Waals surface area contributed by atoms with E-state index in [-0.39, 0.29) is 17.3 Å². The lowest BCUT2D eigenvalue weighted by Gasteiger charge is -2.17. The lowest BCUT2D eigenvalue weighted by atomic mass is 10.1. The average molecular weight is 522 g/mol. The van der Waals surface area contributed by atoms with E-state index in [0.717, 1.165) is 6.20 Å². The quantitative estimate of drug-likeness (QED) is 0.0486. The number of nitrogens with one attached hydrogen (secondary N) is 4. The Balaban J connectivity index is 1.98. The molecule has 5 N–H and O–H groups in total. The van der Waals surface area contributed by atoms with Gasteiger partial charge in [0.05, 0.1) is 12.3 Å². The molecule has 0 aliphatic carbocycles. The maximum atomic E-state index is 13.4. The van der Waals surface area contributed by atoms with Gasteiger partial charge in [0, 0.05) is 32.0 Å². The molecule has 0 fully saturated rings. The van der Waals surface area contributed by atoms with Crippen molar-refractivity contribution in [1.29, 1.82) is 5.26 Å². The van der Waals surface area contributed by atoms with Crippen LogP contribution in [0.15, 0.2) is 52.5 Å². The van der Waals surface area contributed by atoms with Gasteiger partial charge in [-0.05, 0) is 43.5 Å². The molecule has 12 nitrogen and oxygen atoms in total. The molecule has 14 heteroatoms. The Labute approximate surface area is 208 Å². The zero-order chi connectivity index (χ0) is 26.4.